The van der Waals surface area contributed by atoms with Crippen LogP contribution >= 0.6 is 0 Å². The normalized spacial score (nSPS) is 31.8. The first-order valence-electron chi connectivity index (χ1n) is 6.85. The Hall–Kier alpha value is -0.570. The second-order valence-electron chi connectivity index (χ2n) is 6.03. The van der Waals surface area contributed by atoms with Gasteiger partial charge >= 0.3 is 5.97 Å². The van der Waals surface area contributed by atoms with Crippen LogP contribution in [0.4, 0.5) is 0 Å². The molecule has 3 nitrogen and oxygen atoms in total. The molecule has 2 aliphatic heterocycles. The number of hydrogen-bond donors (Lipinski definition) is 0. The SMILES string of the molecule is CCC(C)(C)C(=O)OCCC1CC2CCC1O2. The van der Waals surface area contributed by atoms with E-state index in [1.165, 1.54) is 19.3 Å². The summed E-state index contributed by atoms with van der Waals surface area (Å²) < 4.78 is 11.2. The van der Waals surface area contributed by atoms with E-state index >= 15 is 0 Å². The maximum atomic E-state index is 11.8. The number of carbonyl (C=O) groups is 1. The molecule has 0 aromatic heterocycles. The molecule has 98 valence electrons. The van der Waals surface area contributed by atoms with Crippen molar-refractivity contribution < 1.29 is 14.3 Å². The standard InChI is InChI=1S/C14H24O3/c1-4-14(2,3)13(15)16-8-7-10-9-11-5-6-12(10)17-11/h10-12H,4-9H2,1-3H3. The van der Waals surface area contributed by atoms with Crippen LogP contribution in [0.15, 0.2) is 0 Å². The first-order chi connectivity index (χ1) is 8.03. The van der Waals surface area contributed by atoms with E-state index in [1.54, 1.807) is 0 Å². The topological polar surface area (TPSA) is 35.5 Å². The van der Waals surface area contributed by atoms with Crippen molar-refractivity contribution >= 4 is 5.97 Å². The lowest BCUT2D eigenvalue weighted by molar-refractivity contribution is -0.154. The summed E-state index contributed by atoms with van der Waals surface area (Å²) >= 11 is 0. The Morgan fingerprint density at radius 2 is 2.18 bits per heavy atom. The Morgan fingerprint density at radius 1 is 1.41 bits per heavy atom. The molecule has 3 heteroatoms. The smallest absolute Gasteiger partial charge is 0.311 e. The van der Waals surface area contributed by atoms with Crippen LogP contribution in [0.3, 0.4) is 0 Å². The first kappa shape index (κ1) is 12.9. The summed E-state index contributed by atoms with van der Waals surface area (Å²) in [6, 6.07) is 0. The predicted molar refractivity (Wildman–Crippen MR) is 65.7 cm³/mol. The van der Waals surface area contributed by atoms with E-state index in [-0.39, 0.29) is 11.4 Å². The molecule has 3 atom stereocenters. The van der Waals surface area contributed by atoms with E-state index in [4.69, 9.17) is 9.47 Å². The van der Waals surface area contributed by atoms with E-state index in [1.807, 2.05) is 20.8 Å². The van der Waals surface area contributed by atoms with Gasteiger partial charge in [-0.15, -0.1) is 0 Å². The quantitative estimate of drug-likeness (QED) is 0.693. The molecule has 2 saturated heterocycles. The highest BCUT2D eigenvalue weighted by atomic mass is 16.5. The lowest BCUT2D eigenvalue weighted by Crippen LogP contribution is -2.27. The van der Waals surface area contributed by atoms with E-state index in [2.05, 4.69) is 0 Å². The molecule has 2 aliphatic rings. The largest absolute Gasteiger partial charge is 0.465 e. The Balaban J connectivity index is 1.68. The molecule has 2 fully saturated rings. The minimum absolute atomic E-state index is 0.0657. The Bertz CT molecular complexity index is 285. The highest BCUT2D eigenvalue weighted by Crippen LogP contribution is 2.40. The molecular formula is C14H24O3. The molecule has 17 heavy (non-hydrogen) atoms. The molecule has 2 rings (SSSR count). The van der Waals surface area contributed by atoms with Crippen molar-refractivity contribution in [3.63, 3.8) is 0 Å². The molecule has 0 aromatic rings. The predicted octanol–water partition coefficient (Wildman–Crippen LogP) is 2.92. The summed E-state index contributed by atoms with van der Waals surface area (Å²) in [6.45, 7) is 6.45. The lowest BCUT2D eigenvalue weighted by atomic mass is 9.87. The van der Waals surface area contributed by atoms with Crippen molar-refractivity contribution in [3.05, 3.63) is 0 Å². The van der Waals surface area contributed by atoms with Gasteiger partial charge in [0.15, 0.2) is 0 Å². The Kier molecular flexibility index (Phi) is 3.76. The van der Waals surface area contributed by atoms with Crippen molar-refractivity contribution in [1.29, 1.82) is 0 Å². The van der Waals surface area contributed by atoms with Crippen LogP contribution in [0, 0.1) is 11.3 Å². The zero-order chi connectivity index (χ0) is 12.5. The highest BCUT2D eigenvalue weighted by Gasteiger charge is 2.40. The van der Waals surface area contributed by atoms with Gasteiger partial charge in [-0.1, -0.05) is 6.92 Å². The van der Waals surface area contributed by atoms with Gasteiger partial charge in [0.25, 0.3) is 0 Å². The van der Waals surface area contributed by atoms with Gasteiger partial charge in [-0.25, -0.2) is 0 Å². The van der Waals surface area contributed by atoms with Crippen molar-refractivity contribution in [2.45, 2.75) is 65.1 Å². The minimum atomic E-state index is -0.342. The molecule has 0 spiro atoms. The maximum Gasteiger partial charge on any atom is 0.311 e. The van der Waals surface area contributed by atoms with Gasteiger partial charge < -0.3 is 9.47 Å². The fourth-order valence-corrected chi connectivity index (χ4v) is 2.69. The molecule has 0 amide bonds. The summed E-state index contributed by atoms with van der Waals surface area (Å²) in [5, 5.41) is 0. The van der Waals surface area contributed by atoms with Gasteiger partial charge in [-0.2, -0.15) is 0 Å². The van der Waals surface area contributed by atoms with E-state index in [0.29, 0.717) is 24.7 Å². The van der Waals surface area contributed by atoms with Gasteiger partial charge in [0.2, 0.25) is 0 Å². The van der Waals surface area contributed by atoms with Crippen LogP contribution in [0.2, 0.25) is 0 Å². The number of fused-ring (bicyclic) bond motifs is 2. The molecule has 0 aromatic carbocycles. The van der Waals surface area contributed by atoms with Gasteiger partial charge in [0.05, 0.1) is 24.2 Å². The second kappa shape index (κ2) is 4.97. The van der Waals surface area contributed by atoms with E-state index < -0.39 is 0 Å². The number of carbonyl (C=O) groups excluding carboxylic acids is 1. The van der Waals surface area contributed by atoms with Crippen molar-refractivity contribution in [2.24, 2.45) is 11.3 Å². The molecular weight excluding hydrogens is 216 g/mol. The third kappa shape index (κ3) is 2.82. The number of ether oxygens (including phenoxy) is 2. The summed E-state index contributed by atoms with van der Waals surface area (Å²) in [4.78, 5) is 11.8. The monoisotopic (exact) mass is 240 g/mol. The van der Waals surface area contributed by atoms with Crippen molar-refractivity contribution in [2.75, 3.05) is 6.61 Å². The van der Waals surface area contributed by atoms with Crippen LogP contribution in [0.25, 0.3) is 0 Å². The minimum Gasteiger partial charge on any atom is -0.465 e. The molecule has 0 N–H and O–H groups in total. The third-order valence-corrected chi connectivity index (χ3v) is 4.39. The zero-order valence-corrected chi connectivity index (χ0v) is 11.2. The van der Waals surface area contributed by atoms with Crippen molar-refractivity contribution in [3.8, 4) is 0 Å². The lowest BCUT2D eigenvalue weighted by Gasteiger charge is -2.22. The van der Waals surface area contributed by atoms with Crippen LogP contribution in [0.1, 0.15) is 52.9 Å². The van der Waals surface area contributed by atoms with Gasteiger partial charge in [0.1, 0.15) is 0 Å². The Labute approximate surface area is 104 Å². The summed E-state index contributed by atoms with van der Waals surface area (Å²) in [7, 11) is 0. The average molecular weight is 240 g/mol. The van der Waals surface area contributed by atoms with Gasteiger partial charge in [-0.3, -0.25) is 4.79 Å². The Morgan fingerprint density at radius 3 is 2.71 bits per heavy atom. The van der Waals surface area contributed by atoms with Crippen LogP contribution < -0.4 is 0 Å². The molecule has 0 aliphatic carbocycles. The molecule has 0 saturated carbocycles. The average Bonchev–Trinajstić information content (AvgIpc) is 2.90. The summed E-state index contributed by atoms with van der Waals surface area (Å²) in [5.74, 6) is 0.551. The third-order valence-electron chi connectivity index (χ3n) is 4.39. The van der Waals surface area contributed by atoms with Crippen LogP contribution in [-0.2, 0) is 14.3 Å². The summed E-state index contributed by atoms with van der Waals surface area (Å²) in [6.07, 6.45) is 6.31. The van der Waals surface area contributed by atoms with Gasteiger partial charge in [-0.05, 0) is 51.9 Å². The van der Waals surface area contributed by atoms with E-state index in [0.717, 1.165) is 12.8 Å². The molecule has 2 heterocycles. The number of rotatable bonds is 5. The van der Waals surface area contributed by atoms with E-state index in [9.17, 15) is 4.79 Å². The summed E-state index contributed by atoms with van der Waals surface area (Å²) in [5.41, 5.74) is -0.342. The molecule has 0 radical (unpaired) electrons. The fraction of sp³-hybridized carbons (Fsp3) is 0.929. The molecule has 2 bridgehead atoms. The second-order valence-corrected chi connectivity index (χ2v) is 6.03. The van der Waals surface area contributed by atoms with Crippen molar-refractivity contribution in [1.82, 2.24) is 0 Å². The fourth-order valence-electron chi connectivity index (χ4n) is 2.69. The zero-order valence-electron chi connectivity index (χ0n) is 11.2. The number of hydrogen-bond acceptors (Lipinski definition) is 3. The van der Waals surface area contributed by atoms with Crippen LogP contribution in [-0.4, -0.2) is 24.8 Å². The first-order valence-corrected chi connectivity index (χ1v) is 6.85. The molecule has 3 unspecified atom stereocenters. The van der Waals surface area contributed by atoms with Gasteiger partial charge in [0, 0.05) is 0 Å². The number of esters is 1. The highest BCUT2D eigenvalue weighted by molar-refractivity contribution is 5.75. The maximum absolute atomic E-state index is 11.8. The van der Waals surface area contributed by atoms with Crippen LogP contribution in [0.5, 0.6) is 0 Å².